The average Bonchev–Trinajstić information content (AvgIpc) is 2.14. The van der Waals surface area contributed by atoms with Crippen molar-refractivity contribution in [2.75, 3.05) is 19.0 Å². The molecule has 0 atom stereocenters. The van der Waals surface area contributed by atoms with E-state index in [0.29, 0.717) is 5.82 Å². The number of nitrogens with one attached hydrogen (secondary N) is 1. The predicted molar refractivity (Wildman–Crippen MR) is 51.3 cm³/mol. The van der Waals surface area contributed by atoms with E-state index in [0.717, 1.165) is 0 Å². The number of anilines is 1. The Morgan fingerprint density at radius 1 is 1.71 bits per heavy atom. The summed E-state index contributed by atoms with van der Waals surface area (Å²) in [6.07, 6.45) is 1.26. The number of aromatic nitrogens is 2. The van der Waals surface area contributed by atoms with E-state index in [1.165, 1.54) is 13.4 Å². The van der Waals surface area contributed by atoms with Crippen LogP contribution >= 0.6 is 11.6 Å². The summed E-state index contributed by atoms with van der Waals surface area (Å²) in [5, 5.41) is 2.84. The average molecular weight is 217 g/mol. The van der Waals surface area contributed by atoms with E-state index in [2.05, 4.69) is 15.3 Å². The first-order valence-electron chi connectivity index (χ1n) is 3.71. The van der Waals surface area contributed by atoms with Crippen molar-refractivity contribution in [2.24, 2.45) is 5.73 Å². The van der Waals surface area contributed by atoms with Crippen LogP contribution in [0.4, 0.5) is 5.82 Å². The fourth-order valence-corrected chi connectivity index (χ4v) is 1.04. The maximum absolute atomic E-state index is 10.5. The Hall–Kier alpha value is -1.56. The molecule has 0 aliphatic rings. The second kappa shape index (κ2) is 4.61. The Bertz CT molecular complexity index is 344. The van der Waals surface area contributed by atoms with Gasteiger partial charge < -0.3 is 15.8 Å². The zero-order valence-corrected chi connectivity index (χ0v) is 8.21. The molecule has 0 aliphatic heterocycles. The lowest BCUT2D eigenvalue weighted by Gasteiger charge is -2.08. The zero-order chi connectivity index (χ0) is 10.6. The van der Waals surface area contributed by atoms with Crippen LogP contribution in [0.25, 0.3) is 0 Å². The van der Waals surface area contributed by atoms with Crippen LogP contribution in [0.15, 0.2) is 6.33 Å². The van der Waals surface area contributed by atoms with Crippen molar-refractivity contribution in [2.45, 2.75) is 0 Å². The van der Waals surface area contributed by atoms with Gasteiger partial charge in [-0.1, -0.05) is 11.6 Å². The van der Waals surface area contributed by atoms with E-state index in [1.54, 1.807) is 0 Å². The van der Waals surface area contributed by atoms with Crippen molar-refractivity contribution in [1.82, 2.24) is 9.97 Å². The number of hydrogen-bond donors (Lipinski definition) is 2. The summed E-state index contributed by atoms with van der Waals surface area (Å²) in [5.74, 6) is 0.128. The Kier molecular flexibility index (Phi) is 3.47. The van der Waals surface area contributed by atoms with Gasteiger partial charge >= 0.3 is 0 Å². The van der Waals surface area contributed by atoms with Gasteiger partial charge in [0.15, 0.2) is 16.7 Å². The van der Waals surface area contributed by atoms with Crippen LogP contribution in [0, 0.1) is 0 Å². The molecule has 1 amide bonds. The Balaban J connectivity index is 2.85. The molecular weight excluding hydrogens is 208 g/mol. The summed E-state index contributed by atoms with van der Waals surface area (Å²) in [5.41, 5.74) is 4.95. The summed E-state index contributed by atoms with van der Waals surface area (Å²) in [7, 11) is 1.43. The predicted octanol–water partition coefficient (Wildman–Crippen LogP) is 0.0358. The molecule has 0 saturated carbocycles. The van der Waals surface area contributed by atoms with Gasteiger partial charge in [0.05, 0.1) is 13.7 Å². The quantitative estimate of drug-likeness (QED) is 0.694. The third-order valence-corrected chi connectivity index (χ3v) is 1.66. The number of rotatable bonds is 4. The number of carbonyl (C=O) groups is 1. The summed E-state index contributed by atoms with van der Waals surface area (Å²) < 4.78 is 4.94. The van der Waals surface area contributed by atoms with Gasteiger partial charge in [0, 0.05) is 0 Å². The van der Waals surface area contributed by atoms with E-state index >= 15 is 0 Å². The summed E-state index contributed by atoms with van der Waals surface area (Å²) in [6, 6.07) is 0. The highest BCUT2D eigenvalue weighted by molar-refractivity contribution is 6.31. The van der Waals surface area contributed by atoms with Gasteiger partial charge in [0.25, 0.3) is 0 Å². The SMILES string of the molecule is COc1c(Cl)ncnc1NCC(N)=O. The molecule has 3 N–H and O–H groups in total. The Labute approximate surface area is 85.4 Å². The topological polar surface area (TPSA) is 90.1 Å². The molecule has 1 aromatic rings. The molecule has 0 bridgehead atoms. The first-order valence-corrected chi connectivity index (χ1v) is 4.09. The third-order valence-electron chi connectivity index (χ3n) is 1.39. The van der Waals surface area contributed by atoms with Gasteiger partial charge in [-0.3, -0.25) is 4.79 Å². The largest absolute Gasteiger partial charge is 0.490 e. The number of nitrogens with two attached hydrogens (primary N) is 1. The Morgan fingerprint density at radius 2 is 2.43 bits per heavy atom. The molecule has 76 valence electrons. The molecule has 1 rings (SSSR count). The van der Waals surface area contributed by atoms with Crippen molar-refractivity contribution < 1.29 is 9.53 Å². The van der Waals surface area contributed by atoms with E-state index in [1.807, 2.05) is 0 Å². The first kappa shape index (κ1) is 10.5. The van der Waals surface area contributed by atoms with Crippen LogP contribution in [0.2, 0.25) is 5.15 Å². The monoisotopic (exact) mass is 216 g/mol. The van der Waals surface area contributed by atoms with Gasteiger partial charge in [0.2, 0.25) is 5.91 Å². The van der Waals surface area contributed by atoms with Crippen molar-refractivity contribution in [1.29, 1.82) is 0 Å². The number of methoxy groups -OCH3 is 1. The number of nitrogens with zero attached hydrogens (tertiary/aromatic N) is 2. The molecule has 1 heterocycles. The fourth-order valence-electron chi connectivity index (χ4n) is 0.830. The smallest absolute Gasteiger partial charge is 0.236 e. The molecule has 14 heavy (non-hydrogen) atoms. The van der Waals surface area contributed by atoms with Gasteiger partial charge in [-0.25, -0.2) is 9.97 Å². The molecular formula is C7H9ClN4O2. The van der Waals surface area contributed by atoms with E-state index in [4.69, 9.17) is 22.1 Å². The van der Waals surface area contributed by atoms with Crippen molar-refractivity contribution in [3.8, 4) is 5.75 Å². The summed E-state index contributed by atoms with van der Waals surface area (Å²) >= 11 is 5.71. The highest BCUT2D eigenvalue weighted by Gasteiger charge is 2.09. The molecule has 7 heteroatoms. The van der Waals surface area contributed by atoms with Crippen molar-refractivity contribution >= 4 is 23.3 Å². The second-order valence-electron chi connectivity index (χ2n) is 2.37. The maximum Gasteiger partial charge on any atom is 0.236 e. The van der Waals surface area contributed by atoms with E-state index in [9.17, 15) is 4.79 Å². The zero-order valence-electron chi connectivity index (χ0n) is 7.45. The number of hydrogen-bond acceptors (Lipinski definition) is 5. The normalized spacial score (nSPS) is 9.57. The first-order chi connectivity index (χ1) is 6.65. The minimum atomic E-state index is -0.498. The van der Waals surface area contributed by atoms with E-state index < -0.39 is 5.91 Å². The van der Waals surface area contributed by atoms with Gasteiger partial charge in [-0.2, -0.15) is 0 Å². The highest BCUT2D eigenvalue weighted by Crippen LogP contribution is 2.27. The lowest BCUT2D eigenvalue weighted by atomic mass is 10.5. The molecule has 0 saturated heterocycles. The van der Waals surface area contributed by atoms with E-state index in [-0.39, 0.29) is 17.4 Å². The number of ether oxygens (including phenoxy) is 1. The molecule has 0 unspecified atom stereocenters. The molecule has 1 aromatic heterocycles. The van der Waals surface area contributed by atoms with Gasteiger partial charge in [0.1, 0.15) is 6.33 Å². The number of primary amides is 1. The molecule has 0 spiro atoms. The fraction of sp³-hybridized carbons (Fsp3) is 0.286. The van der Waals surface area contributed by atoms with Crippen LogP contribution in [0.5, 0.6) is 5.75 Å². The van der Waals surface area contributed by atoms with Gasteiger partial charge in [-0.15, -0.1) is 0 Å². The summed E-state index contributed by atoms with van der Waals surface area (Å²) in [6.45, 7) is -0.0380. The number of amides is 1. The van der Waals surface area contributed by atoms with Crippen LogP contribution in [0.3, 0.4) is 0 Å². The van der Waals surface area contributed by atoms with Crippen LogP contribution in [-0.4, -0.2) is 29.5 Å². The van der Waals surface area contributed by atoms with Crippen molar-refractivity contribution in [3.05, 3.63) is 11.5 Å². The van der Waals surface area contributed by atoms with Crippen molar-refractivity contribution in [3.63, 3.8) is 0 Å². The molecule has 6 nitrogen and oxygen atoms in total. The number of carbonyl (C=O) groups excluding carboxylic acids is 1. The van der Waals surface area contributed by atoms with Crippen LogP contribution in [0.1, 0.15) is 0 Å². The van der Waals surface area contributed by atoms with Crippen LogP contribution in [-0.2, 0) is 4.79 Å². The standard InChI is InChI=1S/C7H9ClN4O2/c1-14-5-6(8)11-3-12-7(5)10-2-4(9)13/h3H,2H2,1H3,(H2,9,13)(H,10,11,12). The number of halogens is 1. The third kappa shape index (κ3) is 2.46. The molecule has 0 radical (unpaired) electrons. The van der Waals surface area contributed by atoms with Gasteiger partial charge in [-0.05, 0) is 0 Å². The molecule has 0 fully saturated rings. The lowest BCUT2D eigenvalue weighted by molar-refractivity contribution is -0.116. The minimum Gasteiger partial charge on any atom is -0.490 e. The maximum atomic E-state index is 10.5. The van der Waals surface area contributed by atoms with Crippen LogP contribution < -0.4 is 15.8 Å². The highest BCUT2D eigenvalue weighted by atomic mass is 35.5. The minimum absolute atomic E-state index is 0.0380. The second-order valence-corrected chi connectivity index (χ2v) is 2.72. The Morgan fingerprint density at radius 3 is 3.00 bits per heavy atom. The molecule has 0 aliphatic carbocycles. The lowest BCUT2D eigenvalue weighted by Crippen LogP contribution is -2.22. The molecule has 0 aromatic carbocycles. The summed E-state index contributed by atoms with van der Waals surface area (Å²) in [4.78, 5) is 18.1.